The Hall–Kier alpha value is -5.60. The number of furan rings is 2. The van der Waals surface area contributed by atoms with Gasteiger partial charge in [-0.1, -0.05) is 103 Å². The van der Waals surface area contributed by atoms with E-state index in [9.17, 15) is 0 Å². The monoisotopic (exact) mass is 534 g/mol. The molecule has 2 heteroatoms. The molecule has 2 aromatic heterocycles. The fourth-order valence-electron chi connectivity index (χ4n) is 7.17. The quantitative estimate of drug-likeness (QED) is 0.206. The summed E-state index contributed by atoms with van der Waals surface area (Å²) in [7, 11) is 0. The van der Waals surface area contributed by atoms with E-state index in [2.05, 4.69) is 109 Å². The van der Waals surface area contributed by atoms with E-state index >= 15 is 0 Å². The van der Waals surface area contributed by atoms with Crippen molar-refractivity contribution in [2.75, 3.05) is 0 Å². The van der Waals surface area contributed by atoms with Crippen molar-refractivity contribution < 1.29 is 8.83 Å². The SMILES string of the molecule is c1ccc(-c2ccc3ccc4c(-c5ccc6c(c5)oc5ccc7oc8ccccc8c7c56)ccc5ccc2c3c54)cc1. The second-order valence-corrected chi connectivity index (χ2v) is 11.2. The van der Waals surface area contributed by atoms with Crippen LogP contribution >= 0.6 is 0 Å². The molecule has 0 atom stereocenters. The van der Waals surface area contributed by atoms with Gasteiger partial charge in [-0.05, 0) is 84.9 Å². The summed E-state index contributed by atoms with van der Waals surface area (Å²) in [6, 6.07) is 47.7. The van der Waals surface area contributed by atoms with Crippen molar-refractivity contribution in [3.05, 3.63) is 133 Å². The highest BCUT2D eigenvalue weighted by Crippen LogP contribution is 2.44. The largest absolute Gasteiger partial charge is 0.456 e. The summed E-state index contributed by atoms with van der Waals surface area (Å²) in [5, 5.41) is 12.2. The second kappa shape index (κ2) is 7.99. The van der Waals surface area contributed by atoms with Crippen LogP contribution in [-0.2, 0) is 0 Å². The molecule has 0 aliphatic carbocycles. The fraction of sp³-hybridized carbons (Fsp3) is 0. The van der Waals surface area contributed by atoms with Crippen molar-refractivity contribution in [3.63, 3.8) is 0 Å². The molecule has 0 bridgehead atoms. The van der Waals surface area contributed by atoms with E-state index in [-0.39, 0.29) is 0 Å². The number of para-hydroxylation sites is 1. The molecule has 0 saturated heterocycles. The molecule has 10 rings (SSSR count). The van der Waals surface area contributed by atoms with Gasteiger partial charge in [0.05, 0.1) is 0 Å². The Labute approximate surface area is 240 Å². The van der Waals surface area contributed by atoms with Crippen LogP contribution in [0.25, 0.3) is 98.4 Å². The molecule has 10 aromatic rings. The number of hydrogen-bond acceptors (Lipinski definition) is 2. The number of benzene rings is 8. The first-order valence-corrected chi connectivity index (χ1v) is 14.3. The van der Waals surface area contributed by atoms with Crippen LogP contribution in [0, 0.1) is 0 Å². The van der Waals surface area contributed by atoms with Crippen molar-refractivity contribution in [1.29, 1.82) is 0 Å². The van der Waals surface area contributed by atoms with E-state index in [0.29, 0.717) is 0 Å². The van der Waals surface area contributed by atoms with Gasteiger partial charge in [-0.25, -0.2) is 0 Å². The van der Waals surface area contributed by atoms with Gasteiger partial charge >= 0.3 is 0 Å². The van der Waals surface area contributed by atoms with E-state index in [0.717, 1.165) is 49.4 Å². The van der Waals surface area contributed by atoms with Crippen molar-refractivity contribution in [2.45, 2.75) is 0 Å². The zero-order valence-corrected chi connectivity index (χ0v) is 22.5. The van der Waals surface area contributed by atoms with Crippen LogP contribution in [0.2, 0.25) is 0 Å². The summed E-state index contributed by atoms with van der Waals surface area (Å²) < 4.78 is 12.7. The first-order valence-electron chi connectivity index (χ1n) is 14.3. The van der Waals surface area contributed by atoms with Crippen molar-refractivity contribution in [3.8, 4) is 22.3 Å². The predicted octanol–water partition coefficient (Wildman–Crippen LogP) is 11.7. The molecule has 194 valence electrons. The molecular weight excluding hydrogens is 512 g/mol. The fourth-order valence-corrected chi connectivity index (χ4v) is 7.17. The first kappa shape index (κ1) is 22.1. The lowest BCUT2D eigenvalue weighted by atomic mass is 9.87. The second-order valence-electron chi connectivity index (χ2n) is 11.2. The van der Waals surface area contributed by atoms with E-state index in [4.69, 9.17) is 8.83 Å². The Morgan fingerprint density at radius 3 is 1.57 bits per heavy atom. The van der Waals surface area contributed by atoms with Gasteiger partial charge in [-0.15, -0.1) is 0 Å². The maximum atomic E-state index is 6.49. The third-order valence-electron chi connectivity index (χ3n) is 9.04. The lowest BCUT2D eigenvalue weighted by Crippen LogP contribution is -1.89. The molecule has 0 aliphatic rings. The van der Waals surface area contributed by atoms with Gasteiger partial charge in [0.2, 0.25) is 0 Å². The standard InChI is InChI=1S/C40H22O2/c1-2-6-23(7-3-1)27-15-10-24-13-18-30-28(16-11-25-12-17-29(27)37(24)38(25)30)26-14-19-32-36(22-26)42-35-21-20-34-39(40(32)35)31-8-4-5-9-33(31)41-34/h1-22H. The Morgan fingerprint density at radius 1 is 0.310 bits per heavy atom. The summed E-state index contributed by atoms with van der Waals surface area (Å²) in [6.45, 7) is 0. The van der Waals surface area contributed by atoms with Crippen molar-refractivity contribution in [2.24, 2.45) is 0 Å². The zero-order valence-electron chi connectivity index (χ0n) is 22.5. The van der Waals surface area contributed by atoms with Gasteiger partial charge < -0.3 is 8.83 Å². The Balaban J connectivity index is 1.23. The van der Waals surface area contributed by atoms with Gasteiger partial charge in [0.15, 0.2) is 0 Å². The topological polar surface area (TPSA) is 26.3 Å². The Bertz CT molecular complexity index is 2670. The van der Waals surface area contributed by atoms with E-state index in [1.165, 1.54) is 49.0 Å². The molecular formula is C40H22O2. The highest BCUT2D eigenvalue weighted by Gasteiger charge is 2.18. The van der Waals surface area contributed by atoms with Crippen LogP contribution in [-0.4, -0.2) is 0 Å². The number of rotatable bonds is 2. The minimum atomic E-state index is 0.880. The van der Waals surface area contributed by atoms with E-state index in [1.807, 2.05) is 24.3 Å². The maximum absolute atomic E-state index is 6.49. The van der Waals surface area contributed by atoms with Gasteiger partial charge in [0.1, 0.15) is 22.3 Å². The summed E-state index contributed by atoms with van der Waals surface area (Å²) in [5.41, 5.74) is 8.42. The summed E-state index contributed by atoms with van der Waals surface area (Å²) in [5.74, 6) is 0. The molecule has 2 heterocycles. The molecule has 0 unspecified atom stereocenters. The molecule has 0 aliphatic heterocycles. The molecule has 0 fully saturated rings. The highest BCUT2D eigenvalue weighted by molar-refractivity contribution is 6.28. The molecule has 42 heavy (non-hydrogen) atoms. The van der Waals surface area contributed by atoms with Gasteiger partial charge in [0, 0.05) is 21.5 Å². The van der Waals surface area contributed by atoms with Crippen LogP contribution in [0.4, 0.5) is 0 Å². The molecule has 0 spiro atoms. The third kappa shape index (κ3) is 2.88. The average molecular weight is 535 g/mol. The molecule has 0 saturated carbocycles. The van der Waals surface area contributed by atoms with Crippen LogP contribution in [0.5, 0.6) is 0 Å². The Kier molecular flexibility index (Phi) is 4.21. The minimum absolute atomic E-state index is 0.880. The van der Waals surface area contributed by atoms with Crippen molar-refractivity contribution >= 4 is 76.2 Å². The molecule has 0 N–H and O–H groups in total. The molecule has 2 nitrogen and oxygen atoms in total. The molecule has 8 aromatic carbocycles. The Morgan fingerprint density at radius 2 is 0.857 bits per heavy atom. The normalized spacial score (nSPS) is 12.3. The van der Waals surface area contributed by atoms with E-state index < -0.39 is 0 Å². The zero-order chi connectivity index (χ0) is 27.4. The molecule has 0 amide bonds. The lowest BCUT2D eigenvalue weighted by Gasteiger charge is -2.16. The predicted molar refractivity (Wildman–Crippen MR) is 176 cm³/mol. The van der Waals surface area contributed by atoms with Gasteiger partial charge in [-0.3, -0.25) is 0 Å². The van der Waals surface area contributed by atoms with E-state index in [1.54, 1.807) is 0 Å². The van der Waals surface area contributed by atoms with Crippen LogP contribution in [0.3, 0.4) is 0 Å². The average Bonchev–Trinajstić information content (AvgIpc) is 3.61. The van der Waals surface area contributed by atoms with Crippen LogP contribution in [0.15, 0.2) is 142 Å². The van der Waals surface area contributed by atoms with Gasteiger partial charge in [0.25, 0.3) is 0 Å². The summed E-state index contributed by atoms with van der Waals surface area (Å²) >= 11 is 0. The lowest BCUT2D eigenvalue weighted by molar-refractivity contribution is 0.663. The summed E-state index contributed by atoms with van der Waals surface area (Å²) in [4.78, 5) is 0. The van der Waals surface area contributed by atoms with Crippen LogP contribution < -0.4 is 0 Å². The van der Waals surface area contributed by atoms with Gasteiger partial charge in [-0.2, -0.15) is 0 Å². The smallest absolute Gasteiger partial charge is 0.136 e. The minimum Gasteiger partial charge on any atom is -0.456 e. The highest BCUT2D eigenvalue weighted by atomic mass is 16.3. The summed E-state index contributed by atoms with van der Waals surface area (Å²) in [6.07, 6.45) is 0. The van der Waals surface area contributed by atoms with Crippen molar-refractivity contribution in [1.82, 2.24) is 0 Å². The number of fused-ring (bicyclic) bond motifs is 7. The third-order valence-corrected chi connectivity index (χ3v) is 9.04. The molecule has 0 radical (unpaired) electrons. The first-order chi connectivity index (χ1) is 20.8. The maximum Gasteiger partial charge on any atom is 0.136 e. The van der Waals surface area contributed by atoms with Crippen LogP contribution in [0.1, 0.15) is 0 Å². The number of hydrogen-bond donors (Lipinski definition) is 0.